The van der Waals surface area contributed by atoms with E-state index in [1.165, 1.54) is 6.42 Å². The third-order valence-corrected chi connectivity index (χ3v) is 5.32. The highest BCUT2D eigenvalue weighted by atomic mass is 35.5. The number of aryl methyl sites for hydroxylation is 1. The van der Waals surface area contributed by atoms with Gasteiger partial charge in [0.05, 0.1) is 31.5 Å². The Kier molecular flexibility index (Phi) is 10.7. The van der Waals surface area contributed by atoms with Crippen LogP contribution in [0.5, 0.6) is 0 Å². The predicted octanol–water partition coefficient (Wildman–Crippen LogP) is 0.389. The van der Waals surface area contributed by atoms with Gasteiger partial charge in [0, 0.05) is 45.0 Å². The zero-order chi connectivity index (χ0) is 18.5. The molecule has 2 aliphatic rings. The Bertz CT molecular complexity index is 602. The predicted molar refractivity (Wildman–Crippen MR) is 114 cm³/mol. The first kappa shape index (κ1) is 25.1. The second-order valence-corrected chi connectivity index (χ2v) is 7.38. The molecule has 0 spiro atoms. The van der Waals surface area contributed by atoms with Crippen molar-refractivity contribution in [2.75, 3.05) is 66.5 Å². The van der Waals surface area contributed by atoms with Crippen molar-refractivity contribution in [1.82, 2.24) is 29.8 Å². The van der Waals surface area contributed by atoms with Gasteiger partial charge < -0.3 is 19.9 Å². The normalized spacial score (nSPS) is 24.2. The third kappa shape index (κ3) is 6.30. The second kappa shape index (κ2) is 11.9. The molecular weight excluding hydrogens is 403 g/mol. The van der Waals surface area contributed by atoms with E-state index >= 15 is 0 Å². The lowest BCUT2D eigenvalue weighted by atomic mass is 10.00. The van der Waals surface area contributed by atoms with Gasteiger partial charge in [0.1, 0.15) is 0 Å². The summed E-state index contributed by atoms with van der Waals surface area (Å²) < 4.78 is 7.97. The lowest BCUT2D eigenvalue weighted by Crippen LogP contribution is -2.53. The van der Waals surface area contributed by atoms with Crippen molar-refractivity contribution in [2.45, 2.75) is 18.6 Å². The molecule has 28 heavy (non-hydrogen) atoms. The molecule has 1 aromatic heterocycles. The van der Waals surface area contributed by atoms with Crippen molar-refractivity contribution in [1.29, 1.82) is 0 Å². The average molecular weight is 437 g/mol. The molecule has 3 rings (SSSR count). The van der Waals surface area contributed by atoms with Crippen LogP contribution in [0.2, 0.25) is 0 Å². The molecule has 0 radical (unpaired) electrons. The van der Waals surface area contributed by atoms with Crippen LogP contribution in [0.4, 0.5) is 0 Å². The number of hydrogen-bond acceptors (Lipinski definition) is 6. The Labute approximate surface area is 180 Å². The summed E-state index contributed by atoms with van der Waals surface area (Å²) in [4.78, 5) is 19.5. The zero-order valence-electron chi connectivity index (χ0n) is 17.0. The van der Waals surface area contributed by atoms with Crippen LogP contribution in [0.3, 0.4) is 0 Å². The van der Waals surface area contributed by atoms with Gasteiger partial charge in [-0.15, -0.1) is 24.8 Å². The molecule has 0 aromatic carbocycles. The molecule has 0 bridgehead atoms. The molecular formula is C18H34Cl2N6O2. The number of carbonyl (C=O) groups excluding carboxylic acids is 1. The summed E-state index contributed by atoms with van der Waals surface area (Å²) in [5.74, 6) is 0.116. The van der Waals surface area contributed by atoms with Gasteiger partial charge in [-0.05, 0) is 33.6 Å². The lowest BCUT2D eigenvalue weighted by molar-refractivity contribution is -0.147. The Morgan fingerprint density at radius 3 is 2.68 bits per heavy atom. The van der Waals surface area contributed by atoms with E-state index in [-0.39, 0.29) is 42.9 Å². The molecule has 0 aliphatic carbocycles. The SMILES string of the molecule is CNCC(=O)N1CCO[C@@H](CN2CCCN(C)CC2)[C@@H]1c1cnn(C)c1.Cl.Cl. The van der Waals surface area contributed by atoms with E-state index in [2.05, 4.69) is 27.3 Å². The number of rotatable bonds is 5. The van der Waals surface area contributed by atoms with Gasteiger partial charge in [-0.1, -0.05) is 0 Å². The fraction of sp³-hybridized carbons (Fsp3) is 0.778. The van der Waals surface area contributed by atoms with Crippen LogP contribution in [0.15, 0.2) is 12.4 Å². The van der Waals surface area contributed by atoms with E-state index in [0.717, 1.165) is 38.3 Å². The summed E-state index contributed by atoms with van der Waals surface area (Å²) in [7, 11) is 5.90. The molecule has 8 nitrogen and oxygen atoms in total. The number of morpholine rings is 1. The summed E-state index contributed by atoms with van der Waals surface area (Å²) in [5, 5.41) is 7.31. The fourth-order valence-electron chi connectivity index (χ4n) is 3.94. The van der Waals surface area contributed by atoms with Crippen LogP contribution in [-0.4, -0.2) is 103 Å². The average Bonchev–Trinajstić information content (AvgIpc) is 2.94. The highest BCUT2D eigenvalue weighted by molar-refractivity contribution is 5.85. The van der Waals surface area contributed by atoms with Crippen molar-refractivity contribution in [3.63, 3.8) is 0 Å². The Morgan fingerprint density at radius 1 is 1.21 bits per heavy atom. The van der Waals surface area contributed by atoms with Crippen molar-refractivity contribution >= 4 is 30.7 Å². The standard InChI is InChI=1S/C18H32N6O2.2ClH/c1-19-12-17(25)24-9-10-26-16(18(24)15-11-20-22(3)13-15)14-23-6-4-5-21(2)7-8-23;;/h11,13,16,18-19H,4-10,12,14H2,1-3H3;2*1H/t16-,18-;;/m0../s1. The van der Waals surface area contributed by atoms with Gasteiger partial charge in [0.15, 0.2) is 0 Å². The van der Waals surface area contributed by atoms with Gasteiger partial charge in [-0.25, -0.2) is 0 Å². The van der Waals surface area contributed by atoms with E-state index in [1.54, 1.807) is 4.68 Å². The largest absolute Gasteiger partial charge is 0.373 e. The molecule has 2 atom stereocenters. The van der Waals surface area contributed by atoms with Crippen LogP contribution >= 0.6 is 24.8 Å². The van der Waals surface area contributed by atoms with Crippen molar-refractivity contribution in [3.05, 3.63) is 18.0 Å². The Morgan fingerprint density at radius 2 is 2.00 bits per heavy atom. The van der Waals surface area contributed by atoms with E-state index in [4.69, 9.17) is 4.74 Å². The van der Waals surface area contributed by atoms with E-state index in [9.17, 15) is 4.79 Å². The zero-order valence-corrected chi connectivity index (χ0v) is 18.7. The number of nitrogens with one attached hydrogen (secondary N) is 1. The maximum absolute atomic E-state index is 12.7. The molecule has 1 N–H and O–H groups in total. The summed E-state index contributed by atoms with van der Waals surface area (Å²) >= 11 is 0. The Balaban J connectivity index is 0.00000196. The van der Waals surface area contributed by atoms with Gasteiger partial charge in [0.25, 0.3) is 0 Å². The number of carbonyl (C=O) groups is 1. The second-order valence-electron chi connectivity index (χ2n) is 7.38. The molecule has 2 fully saturated rings. The molecule has 2 aliphatic heterocycles. The summed E-state index contributed by atoms with van der Waals surface area (Å²) in [6.45, 7) is 6.74. The molecule has 10 heteroatoms. The number of hydrogen-bond donors (Lipinski definition) is 1. The van der Waals surface area contributed by atoms with Crippen molar-refractivity contribution in [3.8, 4) is 0 Å². The summed E-state index contributed by atoms with van der Waals surface area (Å²) in [6, 6.07) is -0.0840. The molecule has 2 saturated heterocycles. The molecule has 0 saturated carbocycles. The third-order valence-electron chi connectivity index (χ3n) is 5.32. The first-order valence-corrected chi connectivity index (χ1v) is 9.53. The first-order valence-electron chi connectivity index (χ1n) is 9.53. The monoisotopic (exact) mass is 436 g/mol. The fourth-order valence-corrected chi connectivity index (χ4v) is 3.94. The van der Waals surface area contributed by atoms with Crippen molar-refractivity contribution in [2.24, 2.45) is 7.05 Å². The number of aromatic nitrogens is 2. The number of amides is 1. The highest BCUT2D eigenvalue weighted by Crippen LogP contribution is 2.30. The quantitative estimate of drug-likeness (QED) is 0.719. The maximum Gasteiger partial charge on any atom is 0.237 e. The number of halogens is 2. The van der Waals surface area contributed by atoms with Gasteiger partial charge in [-0.2, -0.15) is 5.10 Å². The minimum atomic E-state index is -0.0840. The molecule has 1 amide bonds. The summed E-state index contributed by atoms with van der Waals surface area (Å²) in [6.07, 6.45) is 5.00. The first-order chi connectivity index (χ1) is 12.6. The van der Waals surface area contributed by atoms with Crippen LogP contribution in [0, 0.1) is 0 Å². The summed E-state index contributed by atoms with van der Waals surface area (Å²) in [5.41, 5.74) is 1.05. The molecule has 3 heterocycles. The van der Waals surface area contributed by atoms with Crippen LogP contribution < -0.4 is 5.32 Å². The van der Waals surface area contributed by atoms with Gasteiger partial charge in [-0.3, -0.25) is 14.4 Å². The molecule has 1 aromatic rings. The van der Waals surface area contributed by atoms with E-state index < -0.39 is 0 Å². The van der Waals surface area contributed by atoms with Crippen LogP contribution in [-0.2, 0) is 16.6 Å². The van der Waals surface area contributed by atoms with Crippen LogP contribution in [0.1, 0.15) is 18.0 Å². The Hall–Kier alpha value is -0.900. The minimum absolute atomic E-state index is 0. The number of ether oxygens (including phenoxy) is 1. The van der Waals surface area contributed by atoms with Crippen molar-refractivity contribution < 1.29 is 9.53 Å². The maximum atomic E-state index is 12.7. The molecule has 162 valence electrons. The van der Waals surface area contributed by atoms with Gasteiger partial charge in [0.2, 0.25) is 5.91 Å². The minimum Gasteiger partial charge on any atom is -0.373 e. The van der Waals surface area contributed by atoms with Crippen LogP contribution in [0.25, 0.3) is 0 Å². The molecule has 0 unspecified atom stereocenters. The highest BCUT2D eigenvalue weighted by Gasteiger charge is 2.37. The smallest absolute Gasteiger partial charge is 0.237 e. The lowest BCUT2D eigenvalue weighted by Gasteiger charge is -2.42. The van der Waals surface area contributed by atoms with Gasteiger partial charge >= 0.3 is 0 Å². The topological polar surface area (TPSA) is 65.9 Å². The van der Waals surface area contributed by atoms with E-state index in [0.29, 0.717) is 19.7 Å². The van der Waals surface area contributed by atoms with E-state index in [1.807, 2.05) is 31.4 Å². The number of likely N-dealkylation sites (N-methyl/N-ethyl adjacent to an activating group) is 2. The number of nitrogens with zero attached hydrogens (tertiary/aromatic N) is 5.